The summed E-state index contributed by atoms with van der Waals surface area (Å²) >= 11 is 0. The highest BCUT2D eigenvalue weighted by atomic mass is 16.3. The van der Waals surface area contributed by atoms with Crippen molar-refractivity contribution >= 4 is 11.8 Å². The Morgan fingerprint density at radius 1 is 1.24 bits per heavy atom. The van der Waals surface area contributed by atoms with Gasteiger partial charge in [-0.25, -0.2) is 0 Å². The Bertz CT molecular complexity index is 401. The van der Waals surface area contributed by atoms with Crippen LogP contribution in [0.5, 0.6) is 5.75 Å². The number of imide groups is 1. The van der Waals surface area contributed by atoms with E-state index in [1.807, 2.05) is 6.92 Å². The quantitative estimate of drug-likeness (QED) is 0.769. The van der Waals surface area contributed by atoms with Crippen molar-refractivity contribution in [3.05, 3.63) is 29.8 Å². The summed E-state index contributed by atoms with van der Waals surface area (Å²) in [6, 6.07) is 6.14. The minimum absolute atomic E-state index is 0.119. The first-order valence-electron chi connectivity index (χ1n) is 5.77. The Kier molecular flexibility index (Phi) is 5.20. The van der Waals surface area contributed by atoms with E-state index in [0.717, 1.165) is 19.3 Å². The monoisotopic (exact) mass is 235 g/mol. The van der Waals surface area contributed by atoms with Gasteiger partial charge in [-0.1, -0.05) is 31.9 Å². The van der Waals surface area contributed by atoms with E-state index in [1.54, 1.807) is 12.1 Å². The maximum atomic E-state index is 11.6. The van der Waals surface area contributed by atoms with E-state index < -0.39 is 5.91 Å². The molecule has 17 heavy (non-hydrogen) atoms. The Labute approximate surface area is 101 Å². The van der Waals surface area contributed by atoms with Gasteiger partial charge < -0.3 is 5.11 Å². The molecule has 0 saturated carbocycles. The number of rotatable bonds is 5. The van der Waals surface area contributed by atoms with Gasteiger partial charge >= 0.3 is 0 Å². The molecule has 4 heteroatoms. The highest BCUT2D eigenvalue weighted by molar-refractivity contribution is 6.06. The summed E-state index contributed by atoms with van der Waals surface area (Å²) in [5, 5.41) is 11.7. The van der Waals surface area contributed by atoms with E-state index in [1.165, 1.54) is 12.1 Å². The van der Waals surface area contributed by atoms with Crippen LogP contribution in [0.2, 0.25) is 0 Å². The van der Waals surface area contributed by atoms with Gasteiger partial charge in [-0.3, -0.25) is 14.9 Å². The summed E-state index contributed by atoms with van der Waals surface area (Å²) in [4.78, 5) is 23.0. The number of carbonyl (C=O) groups is 2. The minimum atomic E-state index is -0.551. The van der Waals surface area contributed by atoms with Crippen LogP contribution in [0.15, 0.2) is 24.3 Å². The van der Waals surface area contributed by atoms with Crippen LogP contribution in [0.3, 0.4) is 0 Å². The number of hydrogen-bond acceptors (Lipinski definition) is 3. The molecular weight excluding hydrogens is 218 g/mol. The van der Waals surface area contributed by atoms with E-state index in [-0.39, 0.29) is 17.2 Å². The van der Waals surface area contributed by atoms with Gasteiger partial charge in [-0.05, 0) is 18.6 Å². The van der Waals surface area contributed by atoms with E-state index in [0.29, 0.717) is 6.42 Å². The van der Waals surface area contributed by atoms with Gasteiger partial charge in [0.1, 0.15) is 5.75 Å². The van der Waals surface area contributed by atoms with Gasteiger partial charge in [-0.15, -0.1) is 0 Å². The van der Waals surface area contributed by atoms with Crippen molar-refractivity contribution < 1.29 is 14.7 Å². The predicted molar refractivity (Wildman–Crippen MR) is 64.7 cm³/mol. The maximum absolute atomic E-state index is 11.6. The predicted octanol–water partition coefficient (Wildman–Crippen LogP) is 2.23. The fraction of sp³-hybridized carbons (Fsp3) is 0.385. The first-order chi connectivity index (χ1) is 8.15. The molecule has 0 aliphatic carbocycles. The van der Waals surface area contributed by atoms with Crippen molar-refractivity contribution in [1.82, 2.24) is 5.32 Å². The van der Waals surface area contributed by atoms with Gasteiger partial charge in [-0.2, -0.15) is 0 Å². The lowest BCUT2D eigenvalue weighted by atomic mass is 10.1. The number of phenolic OH excluding ortho intramolecular Hbond substituents is 1. The molecule has 0 saturated heterocycles. The average molecular weight is 235 g/mol. The highest BCUT2D eigenvalue weighted by Crippen LogP contribution is 2.15. The largest absolute Gasteiger partial charge is 0.507 e. The topological polar surface area (TPSA) is 66.4 Å². The van der Waals surface area contributed by atoms with E-state index >= 15 is 0 Å². The first kappa shape index (κ1) is 13.2. The van der Waals surface area contributed by atoms with Crippen molar-refractivity contribution in [2.45, 2.75) is 32.6 Å². The molecule has 0 bridgehead atoms. The molecule has 0 aliphatic heterocycles. The third kappa shape index (κ3) is 4.26. The molecule has 2 N–H and O–H groups in total. The van der Waals surface area contributed by atoms with Crippen molar-refractivity contribution in [3.8, 4) is 5.75 Å². The number of unbranched alkanes of at least 4 members (excludes halogenated alkanes) is 2. The summed E-state index contributed by atoms with van der Waals surface area (Å²) in [6.45, 7) is 2.05. The highest BCUT2D eigenvalue weighted by Gasteiger charge is 2.12. The molecular formula is C13H17NO3. The minimum Gasteiger partial charge on any atom is -0.507 e. The van der Waals surface area contributed by atoms with Gasteiger partial charge in [0.25, 0.3) is 5.91 Å². The number of phenols is 1. The summed E-state index contributed by atoms with van der Waals surface area (Å²) in [6.07, 6.45) is 3.11. The van der Waals surface area contributed by atoms with Crippen molar-refractivity contribution in [1.29, 1.82) is 0 Å². The number of nitrogens with one attached hydrogen (secondary N) is 1. The average Bonchev–Trinajstić information content (AvgIpc) is 2.29. The summed E-state index contributed by atoms with van der Waals surface area (Å²) in [5.74, 6) is -0.970. The van der Waals surface area contributed by atoms with Gasteiger partial charge in [0.2, 0.25) is 5.91 Å². The van der Waals surface area contributed by atoms with Crippen LogP contribution in [0, 0.1) is 0 Å². The number of carbonyl (C=O) groups excluding carboxylic acids is 2. The molecule has 92 valence electrons. The summed E-state index contributed by atoms with van der Waals surface area (Å²) in [7, 11) is 0. The fourth-order valence-electron chi connectivity index (χ4n) is 1.46. The second-order valence-corrected chi connectivity index (χ2v) is 3.85. The Balaban J connectivity index is 2.49. The number of benzene rings is 1. The zero-order valence-electron chi connectivity index (χ0n) is 9.90. The third-order valence-corrected chi connectivity index (χ3v) is 2.41. The van der Waals surface area contributed by atoms with Crippen LogP contribution < -0.4 is 5.32 Å². The Morgan fingerprint density at radius 3 is 2.59 bits per heavy atom. The molecule has 1 aromatic rings. The van der Waals surface area contributed by atoms with Gasteiger partial charge in [0.15, 0.2) is 0 Å². The van der Waals surface area contributed by atoms with Gasteiger partial charge in [0, 0.05) is 6.42 Å². The molecule has 0 heterocycles. The molecule has 0 atom stereocenters. The van der Waals surface area contributed by atoms with Crippen molar-refractivity contribution in [2.24, 2.45) is 0 Å². The first-order valence-corrected chi connectivity index (χ1v) is 5.77. The van der Waals surface area contributed by atoms with E-state index in [2.05, 4.69) is 5.32 Å². The molecule has 0 aliphatic rings. The normalized spacial score (nSPS) is 9.94. The standard InChI is InChI=1S/C13H17NO3/c1-2-3-4-9-12(16)14-13(17)10-7-5-6-8-11(10)15/h5-8,15H,2-4,9H2,1H3,(H,14,16,17). The molecule has 0 aromatic heterocycles. The zero-order valence-corrected chi connectivity index (χ0v) is 9.90. The molecule has 0 fully saturated rings. The lowest BCUT2D eigenvalue weighted by molar-refractivity contribution is -0.120. The molecule has 1 aromatic carbocycles. The van der Waals surface area contributed by atoms with Crippen LogP contribution in [0.1, 0.15) is 43.0 Å². The lowest BCUT2D eigenvalue weighted by Gasteiger charge is -2.05. The summed E-state index contributed by atoms with van der Waals surface area (Å²) in [5.41, 5.74) is 0.122. The number of amides is 2. The summed E-state index contributed by atoms with van der Waals surface area (Å²) < 4.78 is 0. The van der Waals surface area contributed by atoms with Crippen LogP contribution >= 0.6 is 0 Å². The van der Waals surface area contributed by atoms with E-state index in [4.69, 9.17) is 0 Å². The van der Waals surface area contributed by atoms with E-state index in [9.17, 15) is 14.7 Å². The maximum Gasteiger partial charge on any atom is 0.261 e. The molecule has 0 spiro atoms. The lowest BCUT2D eigenvalue weighted by Crippen LogP contribution is -2.30. The van der Waals surface area contributed by atoms with Gasteiger partial charge in [0.05, 0.1) is 5.56 Å². The Hall–Kier alpha value is -1.84. The molecule has 1 rings (SSSR count). The third-order valence-electron chi connectivity index (χ3n) is 2.41. The van der Waals surface area contributed by atoms with Crippen LogP contribution in [0.25, 0.3) is 0 Å². The number of aromatic hydroxyl groups is 1. The number of hydrogen-bond donors (Lipinski definition) is 2. The molecule has 0 unspecified atom stereocenters. The van der Waals surface area contributed by atoms with Crippen molar-refractivity contribution in [2.75, 3.05) is 0 Å². The van der Waals surface area contributed by atoms with Crippen molar-refractivity contribution in [3.63, 3.8) is 0 Å². The second-order valence-electron chi connectivity index (χ2n) is 3.85. The second kappa shape index (κ2) is 6.68. The fourth-order valence-corrected chi connectivity index (χ4v) is 1.46. The number of para-hydroxylation sites is 1. The SMILES string of the molecule is CCCCCC(=O)NC(=O)c1ccccc1O. The van der Waals surface area contributed by atoms with Crippen LogP contribution in [-0.4, -0.2) is 16.9 Å². The molecule has 0 radical (unpaired) electrons. The van der Waals surface area contributed by atoms with Crippen LogP contribution in [-0.2, 0) is 4.79 Å². The molecule has 4 nitrogen and oxygen atoms in total. The van der Waals surface area contributed by atoms with Crippen LogP contribution in [0.4, 0.5) is 0 Å². The smallest absolute Gasteiger partial charge is 0.261 e. The Morgan fingerprint density at radius 2 is 1.94 bits per heavy atom. The molecule has 2 amide bonds. The zero-order chi connectivity index (χ0) is 12.7.